The van der Waals surface area contributed by atoms with Gasteiger partial charge in [-0.25, -0.2) is 9.78 Å². The molecule has 0 amide bonds. The molecule has 0 unspecified atom stereocenters. The van der Waals surface area contributed by atoms with Gasteiger partial charge in [0.15, 0.2) is 0 Å². The molecule has 1 heterocycles. The Morgan fingerprint density at radius 3 is 2.72 bits per heavy atom. The maximum Gasteiger partial charge on any atom is 0.348 e. The normalized spacial score (nSPS) is 10.1. The van der Waals surface area contributed by atoms with E-state index in [0.29, 0.717) is 22.8 Å². The molecule has 18 heavy (non-hydrogen) atoms. The lowest BCUT2D eigenvalue weighted by Gasteiger charge is -2.09. The van der Waals surface area contributed by atoms with E-state index in [4.69, 9.17) is 14.6 Å². The van der Waals surface area contributed by atoms with Gasteiger partial charge in [0.2, 0.25) is 0 Å². The Morgan fingerprint density at radius 2 is 2.11 bits per heavy atom. The molecule has 94 valence electrons. The molecule has 0 saturated carbocycles. The second kappa shape index (κ2) is 5.05. The molecule has 0 aliphatic rings. The van der Waals surface area contributed by atoms with Crippen molar-refractivity contribution in [2.75, 3.05) is 14.2 Å². The Hall–Kier alpha value is -2.08. The summed E-state index contributed by atoms with van der Waals surface area (Å²) < 4.78 is 10.3. The monoisotopic (exact) mass is 265 g/mol. The van der Waals surface area contributed by atoms with Crippen LogP contribution in [0.5, 0.6) is 11.5 Å². The van der Waals surface area contributed by atoms with Gasteiger partial charge in [0, 0.05) is 11.6 Å². The molecule has 2 rings (SSSR count). The van der Waals surface area contributed by atoms with Gasteiger partial charge in [-0.2, -0.15) is 0 Å². The number of aromatic carboxylic acids is 1. The quantitative estimate of drug-likeness (QED) is 0.920. The third kappa shape index (κ3) is 2.14. The van der Waals surface area contributed by atoms with Crippen molar-refractivity contribution in [1.82, 2.24) is 4.98 Å². The third-order valence-electron chi connectivity index (χ3n) is 2.43. The molecular formula is C12H11NO4S. The van der Waals surface area contributed by atoms with Gasteiger partial charge >= 0.3 is 5.97 Å². The maximum atomic E-state index is 11.1. The van der Waals surface area contributed by atoms with E-state index in [1.54, 1.807) is 25.3 Å². The largest absolute Gasteiger partial charge is 0.497 e. The molecule has 1 aromatic heterocycles. The summed E-state index contributed by atoms with van der Waals surface area (Å²) in [6, 6.07) is 5.17. The first-order valence-electron chi connectivity index (χ1n) is 5.06. The number of hydrogen-bond donors (Lipinski definition) is 1. The van der Waals surface area contributed by atoms with E-state index in [1.165, 1.54) is 12.6 Å². The number of benzene rings is 1. The summed E-state index contributed by atoms with van der Waals surface area (Å²) >= 11 is 1.08. The van der Waals surface area contributed by atoms with Crippen molar-refractivity contribution in [3.05, 3.63) is 28.6 Å². The second-order valence-electron chi connectivity index (χ2n) is 3.40. The van der Waals surface area contributed by atoms with E-state index in [0.717, 1.165) is 11.3 Å². The van der Waals surface area contributed by atoms with Crippen molar-refractivity contribution < 1.29 is 19.4 Å². The molecular weight excluding hydrogens is 254 g/mol. The van der Waals surface area contributed by atoms with Crippen molar-refractivity contribution >= 4 is 17.3 Å². The van der Waals surface area contributed by atoms with E-state index in [1.807, 2.05) is 0 Å². The second-order valence-corrected chi connectivity index (χ2v) is 4.26. The molecule has 0 aliphatic heterocycles. The highest BCUT2D eigenvalue weighted by Gasteiger charge is 2.18. The van der Waals surface area contributed by atoms with Crippen LogP contribution in [0, 0.1) is 0 Å². The summed E-state index contributed by atoms with van der Waals surface area (Å²) in [4.78, 5) is 15.4. The molecule has 0 bridgehead atoms. The van der Waals surface area contributed by atoms with Crippen LogP contribution in [-0.2, 0) is 0 Å². The standard InChI is InChI=1S/C12H11NO4S/c1-16-7-3-4-8(9(5-7)17-2)10-11(12(14)15)18-6-13-10/h3-6H,1-2H3,(H,14,15). The Kier molecular flexibility index (Phi) is 3.47. The van der Waals surface area contributed by atoms with E-state index < -0.39 is 5.97 Å². The minimum absolute atomic E-state index is 0.193. The predicted molar refractivity (Wildman–Crippen MR) is 67.6 cm³/mol. The van der Waals surface area contributed by atoms with E-state index in [-0.39, 0.29) is 4.88 Å². The maximum absolute atomic E-state index is 11.1. The number of carbonyl (C=O) groups is 1. The van der Waals surface area contributed by atoms with Gasteiger partial charge in [0.05, 0.1) is 25.4 Å². The lowest BCUT2D eigenvalue weighted by Crippen LogP contribution is -1.97. The minimum Gasteiger partial charge on any atom is -0.497 e. The number of nitrogens with zero attached hydrogens (tertiary/aromatic N) is 1. The van der Waals surface area contributed by atoms with Crippen LogP contribution < -0.4 is 9.47 Å². The highest BCUT2D eigenvalue weighted by molar-refractivity contribution is 7.12. The molecule has 6 heteroatoms. The van der Waals surface area contributed by atoms with Crippen LogP contribution in [0.3, 0.4) is 0 Å². The van der Waals surface area contributed by atoms with Crippen molar-refractivity contribution in [3.63, 3.8) is 0 Å². The van der Waals surface area contributed by atoms with Crippen LogP contribution in [-0.4, -0.2) is 30.3 Å². The molecule has 1 N–H and O–H groups in total. The van der Waals surface area contributed by atoms with Crippen LogP contribution in [0.1, 0.15) is 9.67 Å². The Morgan fingerprint density at radius 1 is 1.33 bits per heavy atom. The molecule has 0 aliphatic carbocycles. The SMILES string of the molecule is COc1ccc(-c2ncsc2C(=O)O)c(OC)c1. The molecule has 5 nitrogen and oxygen atoms in total. The zero-order valence-corrected chi connectivity index (χ0v) is 10.7. The molecule has 0 atom stereocenters. The Balaban J connectivity index is 2.56. The van der Waals surface area contributed by atoms with Crippen LogP contribution >= 0.6 is 11.3 Å². The van der Waals surface area contributed by atoms with Crippen molar-refractivity contribution in [1.29, 1.82) is 0 Å². The number of thiazole rings is 1. The Labute approximate surface area is 108 Å². The summed E-state index contributed by atoms with van der Waals surface area (Å²) in [5.41, 5.74) is 2.55. The van der Waals surface area contributed by atoms with Gasteiger partial charge in [-0.3, -0.25) is 0 Å². The topological polar surface area (TPSA) is 68.7 Å². The highest BCUT2D eigenvalue weighted by atomic mass is 32.1. The van der Waals surface area contributed by atoms with Crippen molar-refractivity contribution in [2.24, 2.45) is 0 Å². The number of carboxylic acids is 1. The number of ether oxygens (including phenoxy) is 2. The fourth-order valence-electron chi connectivity index (χ4n) is 1.58. The third-order valence-corrected chi connectivity index (χ3v) is 3.24. The molecule has 0 spiro atoms. The molecule has 0 saturated heterocycles. The average molecular weight is 265 g/mol. The van der Waals surface area contributed by atoms with E-state index >= 15 is 0 Å². The molecule has 0 radical (unpaired) electrons. The fraction of sp³-hybridized carbons (Fsp3) is 0.167. The van der Waals surface area contributed by atoms with Crippen molar-refractivity contribution in [2.45, 2.75) is 0 Å². The number of methoxy groups -OCH3 is 2. The summed E-state index contributed by atoms with van der Waals surface area (Å²) in [5.74, 6) is 0.177. The first-order valence-corrected chi connectivity index (χ1v) is 5.94. The van der Waals surface area contributed by atoms with Gasteiger partial charge in [0.1, 0.15) is 16.4 Å². The smallest absolute Gasteiger partial charge is 0.348 e. The number of hydrogen-bond acceptors (Lipinski definition) is 5. The summed E-state index contributed by atoms with van der Waals surface area (Å²) in [5, 5.41) is 9.09. The first kappa shape index (κ1) is 12.4. The van der Waals surface area contributed by atoms with Crippen molar-refractivity contribution in [3.8, 4) is 22.8 Å². The van der Waals surface area contributed by atoms with E-state index in [2.05, 4.69) is 4.98 Å². The predicted octanol–water partition coefficient (Wildman–Crippen LogP) is 2.53. The number of rotatable bonds is 4. The van der Waals surface area contributed by atoms with Gasteiger partial charge in [0.25, 0.3) is 0 Å². The highest BCUT2D eigenvalue weighted by Crippen LogP contribution is 2.35. The van der Waals surface area contributed by atoms with E-state index in [9.17, 15) is 4.79 Å². The van der Waals surface area contributed by atoms with Crippen LogP contribution in [0.2, 0.25) is 0 Å². The summed E-state index contributed by atoms with van der Waals surface area (Å²) in [6.07, 6.45) is 0. The number of carboxylic acid groups (broad SMARTS) is 1. The lowest BCUT2D eigenvalue weighted by atomic mass is 10.1. The summed E-state index contributed by atoms with van der Waals surface area (Å²) in [7, 11) is 3.07. The minimum atomic E-state index is -0.995. The molecule has 0 fully saturated rings. The van der Waals surface area contributed by atoms with Gasteiger partial charge in [-0.05, 0) is 12.1 Å². The molecule has 1 aromatic carbocycles. The number of aromatic nitrogens is 1. The van der Waals surface area contributed by atoms with Crippen LogP contribution in [0.4, 0.5) is 0 Å². The van der Waals surface area contributed by atoms with Gasteiger partial charge in [-0.1, -0.05) is 0 Å². The fourth-order valence-corrected chi connectivity index (χ4v) is 2.22. The zero-order chi connectivity index (χ0) is 13.1. The Bertz CT molecular complexity index is 579. The lowest BCUT2D eigenvalue weighted by molar-refractivity contribution is 0.0702. The molecule has 2 aromatic rings. The summed E-state index contributed by atoms with van der Waals surface area (Å²) in [6.45, 7) is 0. The van der Waals surface area contributed by atoms with Gasteiger partial charge in [-0.15, -0.1) is 11.3 Å². The van der Waals surface area contributed by atoms with Crippen LogP contribution in [0.25, 0.3) is 11.3 Å². The first-order chi connectivity index (χ1) is 8.67. The zero-order valence-electron chi connectivity index (χ0n) is 9.84. The van der Waals surface area contributed by atoms with Crippen LogP contribution in [0.15, 0.2) is 23.7 Å². The van der Waals surface area contributed by atoms with Gasteiger partial charge < -0.3 is 14.6 Å². The average Bonchev–Trinajstić information content (AvgIpc) is 2.87.